The number of hydrogen-bond acceptors (Lipinski definition) is 6. The summed E-state index contributed by atoms with van der Waals surface area (Å²) in [6.45, 7) is 5.52. The third-order valence-corrected chi connectivity index (χ3v) is 3.67. The van der Waals surface area contributed by atoms with Crippen LogP contribution in [-0.2, 0) is 4.84 Å². The zero-order valence-electron chi connectivity index (χ0n) is 13.4. The molecule has 0 saturated heterocycles. The minimum atomic E-state index is -0.850. The van der Waals surface area contributed by atoms with Crippen LogP contribution in [0.1, 0.15) is 62.4 Å². The maximum atomic E-state index is 12.3. The molecule has 0 unspecified atom stereocenters. The molecule has 122 valence electrons. The first-order valence-corrected chi connectivity index (χ1v) is 7.43. The highest BCUT2D eigenvalue weighted by atomic mass is 16.7. The molecule has 0 saturated carbocycles. The Morgan fingerprint density at radius 3 is 2.21 bits per heavy atom. The molecule has 2 heterocycles. The maximum absolute atomic E-state index is 12.3. The van der Waals surface area contributed by atoms with Crippen LogP contribution in [0.25, 0.3) is 0 Å². The summed E-state index contributed by atoms with van der Waals surface area (Å²) in [4.78, 5) is 50.1. The first-order chi connectivity index (χ1) is 11.4. The number of nitrogens with zero attached hydrogens (tertiary/aromatic N) is 3. The highest BCUT2D eigenvalue weighted by molar-refractivity contribution is 6.21. The minimum Gasteiger partial charge on any atom is -0.324 e. The fourth-order valence-electron chi connectivity index (χ4n) is 2.35. The summed E-state index contributed by atoms with van der Waals surface area (Å²) in [5, 5.41) is 0.475. The molecule has 24 heavy (non-hydrogen) atoms. The van der Waals surface area contributed by atoms with Crippen molar-refractivity contribution in [1.29, 1.82) is 0 Å². The molecular formula is C17H15N3O4. The van der Waals surface area contributed by atoms with E-state index in [0.29, 0.717) is 16.6 Å². The van der Waals surface area contributed by atoms with Gasteiger partial charge in [0, 0.05) is 12.1 Å². The van der Waals surface area contributed by atoms with Crippen molar-refractivity contribution in [3.8, 4) is 0 Å². The van der Waals surface area contributed by atoms with Gasteiger partial charge in [0.1, 0.15) is 11.4 Å². The molecule has 0 aliphatic carbocycles. The topological polar surface area (TPSA) is 89.5 Å². The van der Waals surface area contributed by atoms with Crippen molar-refractivity contribution >= 4 is 17.8 Å². The first kappa shape index (κ1) is 15.8. The summed E-state index contributed by atoms with van der Waals surface area (Å²) in [7, 11) is 0. The van der Waals surface area contributed by atoms with Gasteiger partial charge in [-0.2, -0.15) is 0 Å². The normalized spacial score (nSPS) is 13.4. The van der Waals surface area contributed by atoms with Gasteiger partial charge in [0.25, 0.3) is 11.8 Å². The second kappa shape index (κ2) is 5.84. The average Bonchev–Trinajstić information content (AvgIpc) is 2.80. The van der Waals surface area contributed by atoms with Crippen LogP contribution in [-0.4, -0.2) is 32.8 Å². The van der Waals surface area contributed by atoms with E-state index in [0.717, 1.165) is 0 Å². The van der Waals surface area contributed by atoms with Crippen LogP contribution in [0.4, 0.5) is 0 Å². The predicted octanol–water partition coefficient (Wildman–Crippen LogP) is 2.28. The number of carbonyl (C=O) groups is 3. The van der Waals surface area contributed by atoms with E-state index in [2.05, 4.69) is 9.97 Å². The van der Waals surface area contributed by atoms with Gasteiger partial charge in [-0.25, -0.2) is 14.8 Å². The van der Waals surface area contributed by atoms with Crippen molar-refractivity contribution in [2.45, 2.75) is 26.7 Å². The summed E-state index contributed by atoms with van der Waals surface area (Å²) in [6, 6.07) is 6.29. The Morgan fingerprint density at radius 2 is 1.71 bits per heavy atom. The number of imide groups is 1. The van der Waals surface area contributed by atoms with Crippen LogP contribution in [0.3, 0.4) is 0 Å². The molecule has 2 amide bonds. The van der Waals surface area contributed by atoms with Crippen LogP contribution in [0.5, 0.6) is 0 Å². The average molecular weight is 325 g/mol. The second-order valence-corrected chi connectivity index (χ2v) is 5.71. The van der Waals surface area contributed by atoms with Gasteiger partial charge in [-0.3, -0.25) is 9.59 Å². The van der Waals surface area contributed by atoms with Crippen molar-refractivity contribution in [1.82, 2.24) is 15.0 Å². The van der Waals surface area contributed by atoms with Crippen molar-refractivity contribution in [3.05, 3.63) is 58.7 Å². The van der Waals surface area contributed by atoms with Gasteiger partial charge in [0.2, 0.25) is 0 Å². The number of aryl methyl sites for hydroxylation is 1. The summed E-state index contributed by atoms with van der Waals surface area (Å²) >= 11 is 0. The number of hydrogen-bond donors (Lipinski definition) is 0. The highest BCUT2D eigenvalue weighted by Gasteiger charge is 2.39. The number of hydroxylamine groups is 2. The molecule has 0 fully saturated rings. The fourth-order valence-corrected chi connectivity index (χ4v) is 2.35. The Morgan fingerprint density at radius 1 is 1.12 bits per heavy atom. The number of fused-ring (bicyclic) bond motifs is 1. The molecule has 0 radical (unpaired) electrons. The third kappa shape index (κ3) is 2.54. The van der Waals surface area contributed by atoms with Crippen LogP contribution < -0.4 is 0 Å². The van der Waals surface area contributed by atoms with Gasteiger partial charge in [0.15, 0.2) is 0 Å². The lowest BCUT2D eigenvalue weighted by Gasteiger charge is -2.14. The number of benzene rings is 1. The van der Waals surface area contributed by atoms with Gasteiger partial charge < -0.3 is 4.84 Å². The SMILES string of the molecule is Cc1nc(C(C)C)ncc1C(=O)ON1C(=O)c2ccccc2C1=O. The van der Waals surface area contributed by atoms with E-state index in [-0.39, 0.29) is 22.6 Å². The monoisotopic (exact) mass is 325 g/mol. The molecule has 0 spiro atoms. The molecule has 2 aromatic rings. The highest BCUT2D eigenvalue weighted by Crippen LogP contribution is 2.23. The lowest BCUT2D eigenvalue weighted by Crippen LogP contribution is -2.33. The van der Waals surface area contributed by atoms with Crippen LogP contribution in [0.2, 0.25) is 0 Å². The Hall–Kier alpha value is -3.09. The van der Waals surface area contributed by atoms with Crippen molar-refractivity contribution in [2.24, 2.45) is 0 Å². The van der Waals surface area contributed by atoms with E-state index in [1.807, 2.05) is 13.8 Å². The zero-order chi connectivity index (χ0) is 17.4. The second-order valence-electron chi connectivity index (χ2n) is 5.71. The molecule has 7 nitrogen and oxygen atoms in total. The number of aromatic nitrogens is 2. The van der Waals surface area contributed by atoms with Gasteiger partial charge in [0.05, 0.1) is 16.8 Å². The van der Waals surface area contributed by atoms with Gasteiger partial charge in [-0.05, 0) is 19.1 Å². The summed E-state index contributed by atoms with van der Waals surface area (Å²) in [5.74, 6) is -1.46. The zero-order valence-corrected chi connectivity index (χ0v) is 13.4. The third-order valence-electron chi connectivity index (χ3n) is 3.67. The molecule has 1 aliphatic heterocycles. The molecular weight excluding hydrogens is 310 g/mol. The van der Waals surface area contributed by atoms with E-state index in [1.54, 1.807) is 19.1 Å². The molecule has 0 bridgehead atoms. The van der Waals surface area contributed by atoms with Crippen LogP contribution in [0.15, 0.2) is 30.5 Å². The molecule has 1 aliphatic rings. The van der Waals surface area contributed by atoms with E-state index in [4.69, 9.17) is 4.84 Å². The Labute approximate surface area is 138 Å². The van der Waals surface area contributed by atoms with Crippen LogP contribution in [0, 0.1) is 6.92 Å². The molecule has 0 N–H and O–H groups in total. The Bertz CT molecular complexity index is 826. The van der Waals surface area contributed by atoms with Crippen molar-refractivity contribution < 1.29 is 19.2 Å². The Balaban J connectivity index is 1.84. The van der Waals surface area contributed by atoms with Gasteiger partial charge in [-0.1, -0.05) is 31.0 Å². The maximum Gasteiger partial charge on any atom is 0.367 e. The van der Waals surface area contributed by atoms with Crippen molar-refractivity contribution in [3.63, 3.8) is 0 Å². The number of amides is 2. The quantitative estimate of drug-likeness (QED) is 0.804. The molecule has 0 atom stereocenters. The predicted molar refractivity (Wildman–Crippen MR) is 83.2 cm³/mol. The first-order valence-electron chi connectivity index (χ1n) is 7.43. The number of carbonyl (C=O) groups excluding carboxylic acids is 3. The summed E-state index contributed by atoms with van der Waals surface area (Å²) in [5.41, 5.74) is 0.947. The fraction of sp³-hybridized carbons (Fsp3) is 0.235. The summed E-state index contributed by atoms with van der Waals surface area (Å²) < 4.78 is 0. The molecule has 1 aromatic carbocycles. The van der Waals surface area contributed by atoms with E-state index in [9.17, 15) is 14.4 Å². The lowest BCUT2D eigenvalue weighted by molar-refractivity contribution is -0.0585. The molecule has 1 aromatic heterocycles. The smallest absolute Gasteiger partial charge is 0.324 e. The van der Waals surface area contributed by atoms with Gasteiger partial charge in [-0.15, -0.1) is 0 Å². The van der Waals surface area contributed by atoms with Crippen LogP contribution >= 0.6 is 0 Å². The lowest BCUT2D eigenvalue weighted by atomic mass is 10.1. The van der Waals surface area contributed by atoms with E-state index in [1.165, 1.54) is 18.3 Å². The summed E-state index contributed by atoms with van der Waals surface area (Å²) in [6.07, 6.45) is 1.35. The van der Waals surface area contributed by atoms with E-state index >= 15 is 0 Å². The van der Waals surface area contributed by atoms with Crippen molar-refractivity contribution in [2.75, 3.05) is 0 Å². The number of rotatable bonds is 3. The minimum absolute atomic E-state index is 0.107. The molecule has 7 heteroatoms. The Kier molecular flexibility index (Phi) is 3.84. The molecule has 3 rings (SSSR count). The van der Waals surface area contributed by atoms with E-state index < -0.39 is 17.8 Å². The van der Waals surface area contributed by atoms with Gasteiger partial charge >= 0.3 is 5.97 Å². The largest absolute Gasteiger partial charge is 0.367 e. The standard InChI is InChI=1S/C17H15N3O4/c1-9(2)14-18-8-13(10(3)19-14)17(23)24-20-15(21)11-6-4-5-7-12(11)16(20)22/h4-9H,1-3H3.